The second kappa shape index (κ2) is 4.49. The molecule has 14 heavy (non-hydrogen) atoms. The molecular formula is C10H8Cl2O2. The summed E-state index contributed by atoms with van der Waals surface area (Å²) in [5.74, 6) is -1.02. The van der Waals surface area contributed by atoms with Crippen LogP contribution in [-0.2, 0) is 4.79 Å². The lowest BCUT2D eigenvalue weighted by atomic mass is 10.1. The van der Waals surface area contributed by atoms with Crippen molar-refractivity contribution >= 4 is 35.2 Å². The molecule has 0 saturated carbocycles. The highest BCUT2D eigenvalue weighted by molar-refractivity contribution is 6.34. The smallest absolute Gasteiger partial charge is 0.328 e. The van der Waals surface area contributed by atoms with Crippen molar-refractivity contribution in [2.75, 3.05) is 0 Å². The Labute approximate surface area is 91.8 Å². The summed E-state index contributed by atoms with van der Waals surface area (Å²) in [5.41, 5.74) is 1.47. The summed E-state index contributed by atoms with van der Waals surface area (Å²) in [6, 6.07) is 3.34. The summed E-state index contributed by atoms with van der Waals surface area (Å²) >= 11 is 11.7. The number of halogens is 2. The minimum absolute atomic E-state index is 0.490. The maximum absolute atomic E-state index is 10.3. The molecule has 0 unspecified atom stereocenters. The monoisotopic (exact) mass is 230 g/mol. The first kappa shape index (κ1) is 11.1. The molecule has 0 aromatic heterocycles. The highest BCUT2D eigenvalue weighted by Gasteiger charge is 2.02. The van der Waals surface area contributed by atoms with Gasteiger partial charge in [-0.15, -0.1) is 0 Å². The van der Waals surface area contributed by atoms with Gasteiger partial charge in [0.25, 0.3) is 0 Å². The number of carbonyl (C=O) groups is 1. The molecule has 0 atom stereocenters. The van der Waals surface area contributed by atoms with Gasteiger partial charge in [-0.3, -0.25) is 0 Å². The van der Waals surface area contributed by atoms with Crippen LogP contribution in [0.4, 0.5) is 0 Å². The van der Waals surface area contributed by atoms with E-state index in [1.807, 2.05) is 6.92 Å². The molecule has 0 aliphatic heterocycles. The molecule has 4 heteroatoms. The summed E-state index contributed by atoms with van der Waals surface area (Å²) in [7, 11) is 0. The zero-order chi connectivity index (χ0) is 10.7. The Morgan fingerprint density at radius 2 is 2.00 bits per heavy atom. The second-order valence-corrected chi connectivity index (χ2v) is 3.61. The van der Waals surface area contributed by atoms with E-state index in [1.165, 1.54) is 6.08 Å². The Hall–Kier alpha value is -0.990. The van der Waals surface area contributed by atoms with Crippen LogP contribution in [0.15, 0.2) is 18.2 Å². The van der Waals surface area contributed by atoms with Gasteiger partial charge in [0.05, 0.1) is 0 Å². The van der Waals surface area contributed by atoms with E-state index in [4.69, 9.17) is 28.3 Å². The van der Waals surface area contributed by atoms with Crippen LogP contribution in [0.5, 0.6) is 0 Å². The van der Waals surface area contributed by atoms with E-state index in [-0.39, 0.29) is 0 Å². The maximum atomic E-state index is 10.3. The van der Waals surface area contributed by atoms with Crippen LogP contribution >= 0.6 is 23.2 Å². The van der Waals surface area contributed by atoms with Crippen LogP contribution in [0.1, 0.15) is 11.1 Å². The fraction of sp³-hybridized carbons (Fsp3) is 0.100. The average molecular weight is 231 g/mol. The van der Waals surface area contributed by atoms with E-state index in [0.717, 1.165) is 11.6 Å². The number of rotatable bonds is 2. The molecule has 0 saturated heterocycles. The zero-order valence-corrected chi connectivity index (χ0v) is 8.93. The molecule has 1 N–H and O–H groups in total. The van der Waals surface area contributed by atoms with Gasteiger partial charge in [0.1, 0.15) is 0 Å². The molecule has 0 radical (unpaired) electrons. The van der Waals surface area contributed by atoms with Gasteiger partial charge in [0.15, 0.2) is 0 Å². The topological polar surface area (TPSA) is 37.3 Å². The Balaban J connectivity index is 3.10. The number of aryl methyl sites for hydroxylation is 1. The third kappa shape index (κ3) is 2.76. The normalized spacial score (nSPS) is 10.8. The summed E-state index contributed by atoms with van der Waals surface area (Å²) in [6.07, 6.45) is 2.43. The predicted molar refractivity (Wildman–Crippen MR) is 57.9 cm³/mol. The first-order chi connectivity index (χ1) is 6.50. The highest BCUT2D eigenvalue weighted by atomic mass is 35.5. The first-order valence-electron chi connectivity index (χ1n) is 3.87. The zero-order valence-electron chi connectivity index (χ0n) is 7.42. The molecule has 1 aromatic rings. The van der Waals surface area contributed by atoms with Crippen LogP contribution in [-0.4, -0.2) is 11.1 Å². The lowest BCUT2D eigenvalue weighted by molar-refractivity contribution is -0.131. The van der Waals surface area contributed by atoms with Gasteiger partial charge >= 0.3 is 5.97 Å². The van der Waals surface area contributed by atoms with Crippen molar-refractivity contribution in [3.8, 4) is 0 Å². The van der Waals surface area contributed by atoms with Gasteiger partial charge in [-0.05, 0) is 36.3 Å². The minimum atomic E-state index is -1.02. The molecule has 1 rings (SSSR count). The van der Waals surface area contributed by atoms with Crippen LogP contribution in [0, 0.1) is 6.92 Å². The Morgan fingerprint density at radius 1 is 1.36 bits per heavy atom. The van der Waals surface area contributed by atoms with E-state index in [1.54, 1.807) is 12.1 Å². The average Bonchev–Trinajstić information content (AvgIpc) is 2.09. The van der Waals surface area contributed by atoms with Crippen molar-refractivity contribution < 1.29 is 9.90 Å². The van der Waals surface area contributed by atoms with Crippen molar-refractivity contribution in [2.24, 2.45) is 0 Å². The van der Waals surface area contributed by atoms with Gasteiger partial charge in [-0.1, -0.05) is 23.2 Å². The molecule has 0 aliphatic rings. The van der Waals surface area contributed by atoms with Gasteiger partial charge in [-0.2, -0.15) is 0 Å². The van der Waals surface area contributed by atoms with Gasteiger partial charge in [0.2, 0.25) is 0 Å². The van der Waals surface area contributed by atoms with Crippen molar-refractivity contribution in [3.63, 3.8) is 0 Å². The van der Waals surface area contributed by atoms with E-state index in [9.17, 15) is 4.79 Å². The van der Waals surface area contributed by atoms with Crippen molar-refractivity contribution in [1.29, 1.82) is 0 Å². The van der Waals surface area contributed by atoms with Crippen LogP contribution in [0.3, 0.4) is 0 Å². The molecule has 0 bridgehead atoms. The van der Waals surface area contributed by atoms with E-state index in [2.05, 4.69) is 0 Å². The number of carboxylic acids is 1. The molecule has 2 nitrogen and oxygen atoms in total. The van der Waals surface area contributed by atoms with Crippen LogP contribution in [0.2, 0.25) is 10.0 Å². The van der Waals surface area contributed by atoms with Gasteiger partial charge in [-0.25, -0.2) is 4.79 Å². The Kier molecular flexibility index (Phi) is 3.55. The van der Waals surface area contributed by atoms with E-state index in [0.29, 0.717) is 15.6 Å². The number of hydrogen-bond donors (Lipinski definition) is 1. The lowest BCUT2D eigenvalue weighted by Gasteiger charge is -2.02. The van der Waals surface area contributed by atoms with Crippen molar-refractivity contribution in [3.05, 3.63) is 39.4 Å². The molecule has 0 aliphatic carbocycles. The standard InChI is InChI=1S/C10H8Cl2O2/c1-6-4-9(12)7(5-8(6)11)2-3-10(13)14/h2-5H,1H3,(H,13,14)/b3-2+. The molecule has 1 aromatic carbocycles. The summed E-state index contributed by atoms with van der Waals surface area (Å²) in [5, 5.41) is 9.49. The van der Waals surface area contributed by atoms with Crippen LogP contribution in [0.25, 0.3) is 6.08 Å². The quantitative estimate of drug-likeness (QED) is 0.792. The fourth-order valence-corrected chi connectivity index (χ4v) is 1.40. The Morgan fingerprint density at radius 3 is 2.57 bits per heavy atom. The minimum Gasteiger partial charge on any atom is -0.478 e. The molecular weight excluding hydrogens is 223 g/mol. The summed E-state index contributed by atoms with van der Waals surface area (Å²) in [6.45, 7) is 1.83. The largest absolute Gasteiger partial charge is 0.478 e. The number of hydrogen-bond acceptors (Lipinski definition) is 1. The SMILES string of the molecule is Cc1cc(Cl)c(/C=C/C(=O)O)cc1Cl. The molecule has 0 spiro atoms. The van der Waals surface area contributed by atoms with E-state index < -0.39 is 5.97 Å². The summed E-state index contributed by atoms with van der Waals surface area (Å²) < 4.78 is 0. The molecule has 0 heterocycles. The van der Waals surface area contributed by atoms with E-state index >= 15 is 0 Å². The fourth-order valence-electron chi connectivity index (χ4n) is 0.950. The van der Waals surface area contributed by atoms with Crippen molar-refractivity contribution in [2.45, 2.75) is 6.92 Å². The van der Waals surface area contributed by atoms with Gasteiger partial charge in [0, 0.05) is 16.1 Å². The van der Waals surface area contributed by atoms with Crippen LogP contribution < -0.4 is 0 Å². The third-order valence-electron chi connectivity index (χ3n) is 1.68. The third-order valence-corrected chi connectivity index (χ3v) is 2.42. The molecule has 0 fully saturated rings. The highest BCUT2D eigenvalue weighted by Crippen LogP contribution is 2.25. The predicted octanol–water partition coefficient (Wildman–Crippen LogP) is 3.40. The summed E-state index contributed by atoms with van der Waals surface area (Å²) in [4.78, 5) is 10.3. The lowest BCUT2D eigenvalue weighted by Crippen LogP contribution is -1.87. The second-order valence-electron chi connectivity index (χ2n) is 2.79. The Bertz CT molecular complexity index is 397. The molecule has 74 valence electrons. The number of aliphatic carboxylic acids is 1. The molecule has 0 amide bonds. The number of benzene rings is 1. The maximum Gasteiger partial charge on any atom is 0.328 e. The van der Waals surface area contributed by atoms with Gasteiger partial charge < -0.3 is 5.11 Å². The first-order valence-corrected chi connectivity index (χ1v) is 4.63. The number of carboxylic acid groups (broad SMARTS) is 1. The van der Waals surface area contributed by atoms with Crippen molar-refractivity contribution in [1.82, 2.24) is 0 Å².